The number of hydrogen-bond acceptors (Lipinski definition) is 6. The summed E-state index contributed by atoms with van der Waals surface area (Å²) in [4.78, 5) is 16.5. The summed E-state index contributed by atoms with van der Waals surface area (Å²) in [5.74, 6) is 4.92. The normalized spacial score (nSPS) is 22.1. The van der Waals surface area contributed by atoms with Gasteiger partial charge in [0.15, 0.2) is 5.82 Å². The highest BCUT2D eigenvalue weighted by atomic mass is 32.2. The van der Waals surface area contributed by atoms with E-state index in [4.69, 9.17) is 15.1 Å². The van der Waals surface area contributed by atoms with Crippen molar-refractivity contribution >= 4 is 38.4 Å². The third kappa shape index (κ3) is 3.65. The van der Waals surface area contributed by atoms with E-state index in [2.05, 4.69) is 28.0 Å². The molecule has 2 aromatic heterocycles. The van der Waals surface area contributed by atoms with E-state index in [0.717, 1.165) is 25.2 Å². The van der Waals surface area contributed by atoms with Crippen LogP contribution in [-0.4, -0.2) is 49.2 Å². The highest BCUT2D eigenvalue weighted by Crippen LogP contribution is 2.51. The summed E-state index contributed by atoms with van der Waals surface area (Å²) in [5.41, 5.74) is 1.42. The molecule has 3 N–H and O–H groups in total. The maximum Gasteiger partial charge on any atom is 0.239 e. The molecule has 0 bridgehead atoms. The van der Waals surface area contributed by atoms with Crippen LogP contribution in [0.3, 0.4) is 0 Å². The smallest absolute Gasteiger partial charge is 0.239 e. The summed E-state index contributed by atoms with van der Waals surface area (Å²) in [6.45, 7) is 3.08. The van der Waals surface area contributed by atoms with E-state index in [1.165, 1.54) is 18.9 Å². The van der Waals surface area contributed by atoms with Crippen LogP contribution in [0, 0.1) is 5.82 Å². The van der Waals surface area contributed by atoms with Crippen LogP contribution >= 0.6 is 0 Å². The standard InChI is InChI=1S/C23H30FN7OS/c1-15-8-5-4-6-13-30(15)19-14-18(23(11-12-23)33(3,25)32)27-22(28-19)31-17-10-7-9-16(24)20(17)29-21(31)26-2/h7,9-10,14-15H,3-6,8,11-13H2,1-2H3,(H2,25,32)(H,26,29). The molecule has 176 valence electrons. The van der Waals surface area contributed by atoms with Crippen molar-refractivity contribution in [3.05, 3.63) is 35.8 Å². The van der Waals surface area contributed by atoms with Crippen LogP contribution in [-0.2, 0) is 14.5 Å². The molecule has 2 unspecified atom stereocenters. The Bertz CT molecular complexity index is 1320. The van der Waals surface area contributed by atoms with Gasteiger partial charge < -0.3 is 10.2 Å². The van der Waals surface area contributed by atoms with E-state index in [1.54, 1.807) is 23.7 Å². The zero-order valence-corrected chi connectivity index (χ0v) is 19.9. The third-order valence-corrected chi connectivity index (χ3v) is 8.88. The van der Waals surface area contributed by atoms with Crippen LogP contribution < -0.4 is 15.4 Å². The molecule has 1 saturated carbocycles. The van der Waals surface area contributed by atoms with Crippen molar-refractivity contribution in [3.63, 3.8) is 0 Å². The number of imidazole rings is 1. The average Bonchev–Trinajstić information content (AvgIpc) is 3.55. The summed E-state index contributed by atoms with van der Waals surface area (Å²) in [7, 11) is -1.15. The molecular formula is C23H30FN7OS. The van der Waals surface area contributed by atoms with Gasteiger partial charge in [-0.25, -0.2) is 18.9 Å². The SMILES string of the molecule is C=S(N)(=O)C1(c2cc(N3CCCCCC3C)nc(-n3c(NC)nc4c(F)cccc43)n2)CC1. The molecule has 10 heteroatoms. The Morgan fingerprint density at radius 2 is 2.03 bits per heavy atom. The van der Waals surface area contributed by atoms with Crippen LogP contribution in [0.5, 0.6) is 0 Å². The minimum atomic E-state index is -2.87. The Labute approximate surface area is 193 Å². The predicted octanol–water partition coefficient (Wildman–Crippen LogP) is 3.34. The molecule has 3 aromatic rings. The molecule has 0 spiro atoms. The second kappa shape index (κ2) is 7.95. The largest absolute Gasteiger partial charge is 0.358 e. The molecule has 0 amide bonds. The number of nitrogens with one attached hydrogen (secondary N) is 1. The molecule has 33 heavy (non-hydrogen) atoms. The summed E-state index contributed by atoms with van der Waals surface area (Å²) in [6.07, 6.45) is 5.83. The average molecular weight is 472 g/mol. The molecule has 1 aromatic carbocycles. The van der Waals surface area contributed by atoms with E-state index in [0.29, 0.717) is 42.0 Å². The molecular weight excluding hydrogens is 441 g/mol. The molecule has 8 nitrogen and oxygen atoms in total. The molecule has 2 atom stereocenters. The Balaban J connectivity index is 1.76. The van der Waals surface area contributed by atoms with Gasteiger partial charge in [-0.2, -0.15) is 4.98 Å². The van der Waals surface area contributed by atoms with Gasteiger partial charge in [-0.3, -0.25) is 9.35 Å². The maximum absolute atomic E-state index is 14.5. The molecule has 0 radical (unpaired) electrons. The number of para-hydroxylation sites is 1. The zero-order valence-electron chi connectivity index (χ0n) is 19.1. The van der Waals surface area contributed by atoms with Crippen molar-refractivity contribution in [1.82, 2.24) is 19.5 Å². The molecule has 1 aliphatic heterocycles. The van der Waals surface area contributed by atoms with Gasteiger partial charge in [-0.15, -0.1) is 0 Å². The topological polar surface area (TPSA) is 102 Å². The molecule has 3 heterocycles. The van der Waals surface area contributed by atoms with E-state index < -0.39 is 20.3 Å². The van der Waals surface area contributed by atoms with Crippen molar-refractivity contribution in [2.75, 3.05) is 23.8 Å². The predicted molar refractivity (Wildman–Crippen MR) is 132 cm³/mol. The highest BCUT2D eigenvalue weighted by Gasteiger charge is 2.52. The lowest BCUT2D eigenvalue weighted by Gasteiger charge is -2.30. The van der Waals surface area contributed by atoms with E-state index in [9.17, 15) is 8.60 Å². The van der Waals surface area contributed by atoms with E-state index in [1.807, 2.05) is 6.07 Å². The lowest BCUT2D eigenvalue weighted by atomic mass is 10.1. The first kappa shape index (κ1) is 22.1. The summed E-state index contributed by atoms with van der Waals surface area (Å²) in [5, 5.41) is 9.12. The first-order valence-corrected chi connectivity index (χ1v) is 13.2. The number of halogens is 1. The first-order chi connectivity index (χ1) is 15.7. The first-order valence-electron chi connectivity index (χ1n) is 11.4. The van der Waals surface area contributed by atoms with Gasteiger partial charge >= 0.3 is 0 Å². The fraction of sp³-hybridized carbons (Fsp3) is 0.478. The van der Waals surface area contributed by atoms with Gasteiger partial charge in [0.05, 0.1) is 16.0 Å². The second-order valence-corrected chi connectivity index (χ2v) is 11.4. The van der Waals surface area contributed by atoms with Gasteiger partial charge in [0.2, 0.25) is 11.9 Å². The maximum atomic E-state index is 14.5. The second-order valence-electron chi connectivity index (χ2n) is 9.15. The van der Waals surface area contributed by atoms with Crippen LogP contribution in [0.2, 0.25) is 0 Å². The molecule has 1 aliphatic carbocycles. The molecule has 1 saturated heterocycles. The van der Waals surface area contributed by atoms with E-state index in [-0.39, 0.29) is 5.52 Å². The third-order valence-electron chi connectivity index (χ3n) is 6.94. The van der Waals surface area contributed by atoms with Crippen molar-refractivity contribution in [2.24, 2.45) is 5.14 Å². The summed E-state index contributed by atoms with van der Waals surface area (Å²) in [6, 6.07) is 7.04. The number of aromatic nitrogens is 4. The van der Waals surface area contributed by atoms with Crippen LogP contribution in [0.1, 0.15) is 51.1 Å². The summed E-state index contributed by atoms with van der Waals surface area (Å²) < 4.78 is 28.4. The number of hydrogen-bond donors (Lipinski definition) is 2. The van der Waals surface area contributed by atoms with Gasteiger partial charge in [-0.1, -0.05) is 18.9 Å². The van der Waals surface area contributed by atoms with Crippen LogP contribution in [0.4, 0.5) is 16.2 Å². The van der Waals surface area contributed by atoms with Crippen molar-refractivity contribution in [1.29, 1.82) is 0 Å². The summed E-state index contributed by atoms with van der Waals surface area (Å²) >= 11 is 0. The van der Waals surface area contributed by atoms with Gasteiger partial charge in [0.25, 0.3) is 0 Å². The Morgan fingerprint density at radius 1 is 1.24 bits per heavy atom. The lowest BCUT2D eigenvalue weighted by Crippen LogP contribution is -2.35. The van der Waals surface area contributed by atoms with Crippen molar-refractivity contribution in [2.45, 2.75) is 56.2 Å². The minimum Gasteiger partial charge on any atom is -0.358 e. The van der Waals surface area contributed by atoms with Crippen LogP contribution in [0.25, 0.3) is 17.0 Å². The Hall–Kier alpha value is -2.72. The van der Waals surface area contributed by atoms with Gasteiger partial charge in [0.1, 0.15) is 11.3 Å². The Morgan fingerprint density at radius 3 is 2.73 bits per heavy atom. The Kier molecular flexibility index (Phi) is 5.32. The zero-order chi connectivity index (χ0) is 23.4. The molecule has 2 aliphatic rings. The quantitative estimate of drug-likeness (QED) is 0.554. The number of nitrogens with two attached hydrogens (primary N) is 1. The highest BCUT2D eigenvalue weighted by molar-refractivity contribution is 7.99. The molecule has 2 fully saturated rings. The van der Waals surface area contributed by atoms with Gasteiger partial charge in [0, 0.05) is 35.4 Å². The van der Waals surface area contributed by atoms with E-state index >= 15 is 0 Å². The number of rotatable bonds is 5. The van der Waals surface area contributed by atoms with Crippen LogP contribution in [0.15, 0.2) is 24.3 Å². The number of nitrogens with zero attached hydrogens (tertiary/aromatic N) is 5. The number of benzene rings is 1. The fourth-order valence-electron chi connectivity index (χ4n) is 4.85. The monoisotopic (exact) mass is 471 g/mol. The van der Waals surface area contributed by atoms with Crippen molar-refractivity contribution in [3.8, 4) is 5.95 Å². The van der Waals surface area contributed by atoms with Crippen molar-refractivity contribution < 1.29 is 8.60 Å². The number of fused-ring (bicyclic) bond motifs is 1. The minimum absolute atomic E-state index is 0.237. The fourth-order valence-corrected chi connectivity index (χ4v) is 6.10. The lowest BCUT2D eigenvalue weighted by molar-refractivity contribution is 0.609. The van der Waals surface area contributed by atoms with Gasteiger partial charge in [-0.05, 0) is 50.6 Å². The molecule has 5 rings (SSSR count). The number of anilines is 2.